The summed E-state index contributed by atoms with van der Waals surface area (Å²) in [5.41, 5.74) is 0. The molecule has 0 spiro atoms. The molecule has 1 nitrogen and oxygen atoms in total. The molecule has 3 heteroatoms. The molecule has 1 atom stereocenters. The summed E-state index contributed by atoms with van der Waals surface area (Å²) in [7, 11) is 0. The quantitative estimate of drug-likeness (QED) is 0.165. The van der Waals surface area contributed by atoms with Crippen molar-refractivity contribution in [3.05, 3.63) is 0 Å². The van der Waals surface area contributed by atoms with E-state index in [9.17, 15) is 4.79 Å². The molecule has 0 fully saturated rings. The zero-order chi connectivity index (χ0) is 15.8. The maximum atomic E-state index is 10.6. The highest BCUT2D eigenvalue weighted by Gasteiger charge is 2.04. The summed E-state index contributed by atoms with van der Waals surface area (Å²) < 4.78 is 0. The van der Waals surface area contributed by atoms with Crippen molar-refractivity contribution in [2.24, 2.45) is 0 Å². The molecule has 0 radical (unpaired) electrons. The van der Waals surface area contributed by atoms with Crippen LogP contribution in [0.3, 0.4) is 0 Å². The van der Waals surface area contributed by atoms with Crippen molar-refractivity contribution in [3.8, 4) is 0 Å². The lowest BCUT2D eigenvalue weighted by Gasteiger charge is -2.09. The first-order chi connectivity index (χ1) is 10.2. The summed E-state index contributed by atoms with van der Waals surface area (Å²) in [5, 5.41) is 0.180. The van der Waals surface area contributed by atoms with Gasteiger partial charge in [-0.1, -0.05) is 77.6 Å². The monoisotopic (exact) mass is 336 g/mol. The summed E-state index contributed by atoms with van der Waals surface area (Å²) in [5.74, 6) is 0. The maximum Gasteiger partial charge on any atom is 0.221 e. The second kappa shape index (κ2) is 16.6. The van der Waals surface area contributed by atoms with Crippen LogP contribution in [0, 0.1) is 0 Å². The highest BCUT2D eigenvalue weighted by Crippen LogP contribution is 2.18. The van der Waals surface area contributed by atoms with Crippen molar-refractivity contribution in [2.75, 3.05) is 0 Å². The van der Waals surface area contributed by atoms with Gasteiger partial charge in [0.2, 0.25) is 5.24 Å². The van der Waals surface area contributed by atoms with Crippen LogP contribution in [0.4, 0.5) is 0 Å². The van der Waals surface area contributed by atoms with Crippen LogP contribution in [0.1, 0.15) is 103 Å². The Morgan fingerprint density at radius 2 is 1.19 bits per heavy atom. The van der Waals surface area contributed by atoms with Gasteiger partial charge >= 0.3 is 0 Å². The molecule has 0 N–H and O–H groups in total. The van der Waals surface area contributed by atoms with Crippen LogP contribution in [0.5, 0.6) is 0 Å². The van der Waals surface area contributed by atoms with Gasteiger partial charge in [0.25, 0.3) is 0 Å². The summed E-state index contributed by atoms with van der Waals surface area (Å²) in [6.07, 6.45) is 18.1. The summed E-state index contributed by atoms with van der Waals surface area (Å²) in [6, 6.07) is 0. The van der Waals surface area contributed by atoms with Crippen molar-refractivity contribution < 1.29 is 4.79 Å². The van der Waals surface area contributed by atoms with Crippen LogP contribution in [0.25, 0.3) is 0 Å². The van der Waals surface area contributed by atoms with E-state index in [1.807, 2.05) is 0 Å². The third-order valence-corrected chi connectivity index (χ3v) is 4.64. The second-order valence-corrected chi connectivity index (χ2v) is 7.21. The largest absolute Gasteiger partial charge is 0.281 e. The van der Waals surface area contributed by atoms with Gasteiger partial charge in [-0.15, -0.1) is 11.6 Å². The van der Waals surface area contributed by atoms with E-state index in [-0.39, 0.29) is 5.24 Å². The molecule has 0 rings (SSSR count). The lowest BCUT2D eigenvalue weighted by molar-refractivity contribution is -0.111. The molecule has 0 aromatic heterocycles. The van der Waals surface area contributed by atoms with E-state index >= 15 is 0 Å². The fourth-order valence-electron chi connectivity index (χ4n) is 2.63. The number of hydrogen-bond donors (Lipinski definition) is 0. The number of alkyl halides is 1. The van der Waals surface area contributed by atoms with Gasteiger partial charge in [-0.25, -0.2) is 0 Å². The standard InChI is InChI=1S/C18H34Cl2O/c1-2-3-4-5-8-11-14-17(19)15-12-9-6-7-10-13-16-18(20)21/h17H,2-16H2,1H3. The van der Waals surface area contributed by atoms with E-state index in [1.165, 1.54) is 70.6 Å². The Morgan fingerprint density at radius 3 is 1.67 bits per heavy atom. The average molecular weight is 337 g/mol. The van der Waals surface area contributed by atoms with E-state index in [4.69, 9.17) is 23.2 Å². The number of carbonyl (C=O) groups excluding carboxylic acids is 1. The van der Waals surface area contributed by atoms with Gasteiger partial charge < -0.3 is 0 Å². The molecule has 0 aromatic rings. The molecular formula is C18H34Cl2O. The molecule has 0 amide bonds. The minimum Gasteiger partial charge on any atom is -0.281 e. The van der Waals surface area contributed by atoms with Crippen molar-refractivity contribution in [3.63, 3.8) is 0 Å². The minimum atomic E-state index is -0.199. The van der Waals surface area contributed by atoms with Gasteiger partial charge in [0.05, 0.1) is 0 Å². The molecule has 0 aliphatic heterocycles. The van der Waals surface area contributed by atoms with Crippen LogP contribution in [0.15, 0.2) is 0 Å². The Labute approximate surface area is 142 Å². The summed E-state index contributed by atoms with van der Waals surface area (Å²) in [6.45, 7) is 2.26. The van der Waals surface area contributed by atoms with Crippen LogP contribution in [-0.4, -0.2) is 10.6 Å². The number of carbonyl (C=O) groups is 1. The third-order valence-electron chi connectivity index (χ3n) is 4.01. The number of unbranched alkanes of at least 4 members (excludes halogenated alkanes) is 10. The Kier molecular flexibility index (Phi) is 16.8. The summed E-state index contributed by atoms with van der Waals surface area (Å²) >= 11 is 11.7. The molecule has 0 aliphatic rings. The molecule has 126 valence electrons. The molecule has 0 aromatic carbocycles. The maximum absolute atomic E-state index is 10.6. The fourth-order valence-corrected chi connectivity index (χ4v) is 3.07. The van der Waals surface area contributed by atoms with Crippen molar-refractivity contribution in [1.82, 2.24) is 0 Å². The van der Waals surface area contributed by atoms with Crippen molar-refractivity contribution >= 4 is 28.4 Å². The molecule has 0 saturated carbocycles. The van der Waals surface area contributed by atoms with Crippen LogP contribution < -0.4 is 0 Å². The zero-order valence-corrected chi connectivity index (χ0v) is 15.4. The molecular weight excluding hydrogens is 303 g/mol. The van der Waals surface area contributed by atoms with Gasteiger partial charge in [-0.2, -0.15) is 0 Å². The van der Waals surface area contributed by atoms with Crippen LogP contribution >= 0.6 is 23.2 Å². The van der Waals surface area contributed by atoms with E-state index in [0.717, 1.165) is 19.3 Å². The van der Waals surface area contributed by atoms with Gasteiger partial charge in [0.1, 0.15) is 0 Å². The SMILES string of the molecule is CCCCCCCCC(Cl)CCCCCCCCC(=O)Cl. The third kappa shape index (κ3) is 18.2. The van der Waals surface area contributed by atoms with Gasteiger partial charge in [-0.3, -0.25) is 4.79 Å². The predicted molar refractivity (Wildman–Crippen MR) is 95.4 cm³/mol. The van der Waals surface area contributed by atoms with E-state index in [1.54, 1.807) is 0 Å². The normalized spacial score (nSPS) is 12.5. The topological polar surface area (TPSA) is 17.1 Å². The van der Waals surface area contributed by atoms with Gasteiger partial charge in [0.15, 0.2) is 0 Å². The van der Waals surface area contributed by atoms with E-state index < -0.39 is 0 Å². The lowest BCUT2D eigenvalue weighted by Crippen LogP contribution is -1.98. The highest BCUT2D eigenvalue weighted by atomic mass is 35.5. The fraction of sp³-hybridized carbons (Fsp3) is 0.944. The molecule has 0 heterocycles. The van der Waals surface area contributed by atoms with Crippen molar-refractivity contribution in [1.29, 1.82) is 0 Å². The highest BCUT2D eigenvalue weighted by molar-refractivity contribution is 6.63. The Hall–Kier alpha value is 0.250. The van der Waals surface area contributed by atoms with Crippen molar-refractivity contribution in [2.45, 2.75) is 109 Å². The number of rotatable bonds is 16. The zero-order valence-electron chi connectivity index (χ0n) is 13.8. The number of hydrogen-bond acceptors (Lipinski definition) is 1. The molecule has 1 unspecified atom stereocenters. The van der Waals surface area contributed by atoms with Crippen LogP contribution in [-0.2, 0) is 4.79 Å². The smallest absolute Gasteiger partial charge is 0.221 e. The molecule has 0 saturated heterocycles. The number of halogens is 2. The Balaban J connectivity index is 3.15. The molecule has 0 aliphatic carbocycles. The van der Waals surface area contributed by atoms with E-state index in [2.05, 4.69) is 6.92 Å². The Bertz CT molecular complexity index is 231. The first-order valence-electron chi connectivity index (χ1n) is 8.99. The second-order valence-electron chi connectivity index (χ2n) is 6.17. The predicted octanol–water partition coefficient (Wildman–Crippen LogP) is 7.23. The summed E-state index contributed by atoms with van der Waals surface area (Å²) in [4.78, 5) is 10.6. The first kappa shape index (κ1) is 21.2. The molecule has 21 heavy (non-hydrogen) atoms. The Morgan fingerprint density at radius 1 is 0.762 bits per heavy atom. The lowest BCUT2D eigenvalue weighted by atomic mass is 10.0. The van der Waals surface area contributed by atoms with Gasteiger partial charge in [0, 0.05) is 11.8 Å². The average Bonchev–Trinajstić information content (AvgIpc) is 2.45. The first-order valence-corrected chi connectivity index (χ1v) is 9.80. The molecule has 0 bridgehead atoms. The minimum absolute atomic E-state index is 0.199. The van der Waals surface area contributed by atoms with E-state index in [0.29, 0.717) is 11.8 Å². The van der Waals surface area contributed by atoms with Crippen LogP contribution in [0.2, 0.25) is 0 Å². The van der Waals surface area contributed by atoms with Gasteiger partial charge in [-0.05, 0) is 30.9 Å².